The molecule has 0 aromatic heterocycles. The Hall–Kier alpha value is -2.18. The highest BCUT2D eigenvalue weighted by Gasteiger charge is 2.70. The Balaban J connectivity index is 1.43. The third-order valence-electron chi connectivity index (χ3n) is 6.94. The number of fused-ring (bicyclic) bond motifs is 1. The van der Waals surface area contributed by atoms with Gasteiger partial charge >= 0.3 is 0 Å². The van der Waals surface area contributed by atoms with Crippen LogP contribution in [0.3, 0.4) is 0 Å². The van der Waals surface area contributed by atoms with Crippen LogP contribution in [0, 0.1) is 11.8 Å². The lowest BCUT2D eigenvalue weighted by Gasteiger charge is -2.29. The Bertz CT molecular complexity index is 822. The molecule has 3 heterocycles. The van der Waals surface area contributed by atoms with Crippen molar-refractivity contribution in [3.05, 3.63) is 48.0 Å². The molecule has 0 radical (unpaired) electrons. The summed E-state index contributed by atoms with van der Waals surface area (Å²) in [6.45, 7) is 10.9. The molecule has 1 aromatic rings. The first-order chi connectivity index (χ1) is 14.4. The number of nitrogens with one attached hydrogen (secondary N) is 1. The van der Waals surface area contributed by atoms with E-state index in [2.05, 4.69) is 24.1 Å². The summed E-state index contributed by atoms with van der Waals surface area (Å²) in [5, 5.41) is 3.08. The smallest absolute Gasteiger partial charge is 0.230 e. The van der Waals surface area contributed by atoms with Crippen LogP contribution in [0.4, 0.5) is 0 Å². The molecular formula is C24H33N3O3. The number of benzene rings is 1. The molecule has 6 heteroatoms. The molecule has 2 fully saturated rings. The molecule has 0 saturated carbocycles. The minimum absolute atomic E-state index is 0.0234. The van der Waals surface area contributed by atoms with E-state index < -0.39 is 23.0 Å². The second-order valence-electron chi connectivity index (χ2n) is 8.88. The summed E-state index contributed by atoms with van der Waals surface area (Å²) in [6.07, 6.45) is 4.91. The number of ether oxygens (including phenoxy) is 1. The predicted molar refractivity (Wildman–Crippen MR) is 116 cm³/mol. The highest BCUT2D eigenvalue weighted by molar-refractivity contribution is 5.93. The summed E-state index contributed by atoms with van der Waals surface area (Å²) in [4.78, 5) is 30.7. The van der Waals surface area contributed by atoms with Gasteiger partial charge < -0.3 is 19.9 Å². The fourth-order valence-corrected chi connectivity index (χ4v) is 5.35. The summed E-state index contributed by atoms with van der Waals surface area (Å²) >= 11 is 0. The number of hydrogen-bond acceptors (Lipinski definition) is 4. The first kappa shape index (κ1) is 21.1. The quantitative estimate of drug-likeness (QED) is 0.500. The van der Waals surface area contributed by atoms with Crippen molar-refractivity contribution in [2.45, 2.75) is 44.9 Å². The Morgan fingerprint density at radius 3 is 2.67 bits per heavy atom. The van der Waals surface area contributed by atoms with E-state index in [9.17, 15) is 9.59 Å². The van der Waals surface area contributed by atoms with Gasteiger partial charge in [-0.1, -0.05) is 56.3 Å². The first-order valence-corrected chi connectivity index (χ1v) is 11.2. The van der Waals surface area contributed by atoms with Gasteiger partial charge in [0.1, 0.15) is 5.60 Å². The molecule has 162 valence electrons. The van der Waals surface area contributed by atoms with Gasteiger partial charge in [-0.25, -0.2) is 0 Å². The minimum Gasteiger partial charge on any atom is -0.357 e. The van der Waals surface area contributed by atoms with E-state index in [0.717, 1.165) is 31.6 Å². The number of amides is 2. The molecule has 4 rings (SSSR count). The fraction of sp³-hybridized carbons (Fsp3) is 0.583. The summed E-state index contributed by atoms with van der Waals surface area (Å²) in [5.74, 6) is -0.971. The van der Waals surface area contributed by atoms with Crippen LogP contribution in [-0.4, -0.2) is 65.5 Å². The lowest BCUT2D eigenvalue weighted by atomic mass is 9.72. The van der Waals surface area contributed by atoms with Gasteiger partial charge in [0.25, 0.3) is 0 Å². The third-order valence-corrected chi connectivity index (χ3v) is 6.94. The van der Waals surface area contributed by atoms with Crippen molar-refractivity contribution in [3.8, 4) is 0 Å². The van der Waals surface area contributed by atoms with Gasteiger partial charge in [-0.15, -0.1) is 0 Å². The Labute approximate surface area is 179 Å². The van der Waals surface area contributed by atoms with Crippen molar-refractivity contribution in [1.82, 2.24) is 15.1 Å². The maximum atomic E-state index is 13.4. The van der Waals surface area contributed by atoms with E-state index in [-0.39, 0.29) is 11.8 Å². The molecule has 1 N–H and O–H groups in total. The van der Waals surface area contributed by atoms with E-state index >= 15 is 0 Å². The SMILES string of the molecule is CCN(CC)CCCNC(=O)C1C2C(=O)N(Cc3ccccc3)CC23C=CC1(C)O3. The highest BCUT2D eigenvalue weighted by atomic mass is 16.5. The third kappa shape index (κ3) is 3.56. The van der Waals surface area contributed by atoms with Crippen molar-refractivity contribution in [2.24, 2.45) is 11.8 Å². The maximum Gasteiger partial charge on any atom is 0.230 e. The van der Waals surface area contributed by atoms with Crippen molar-refractivity contribution in [2.75, 3.05) is 32.7 Å². The summed E-state index contributed by atoms with van der Waals surface area (Å²) in [6, 6.07) is 9.97. The molecule has 30 heavy (non-hydrogen) atoms. The lowest BCUT2D eigenvalue weighted by molar-refractivity contribution is -0.139. The van der Waals surface area contributed by atoms with Crippen LogP contribution in [0.15, 0.2) is 42.5 Å². The van der Waals surface area contributed by atoms with Gasteiger partial charge in [0, 0.05) is 13.1 Å². The van der Waals surface area contributed by atoms with E-state index in [1.807, 2.05) is 54.3 Å². The van der Waals surface area contributed by atoms with Crippen molar-refractivity contribution >= 4 is 11.8 Å². The van der Waals surface area contributed by atoms with Crippen molar-refractivity contribution in [1.29, 1.82) is 0 Å². The fourth-order valence-electron chi connectivity index (χ4n) is 5.35. The zero-order chi connectivity index (χ0) is 21.4. The number of carbonyl (C=O) groups excluding carboxylic acids is 2. The number of hydrogen-bond donors (Lipinski definition) is 1. The molecule has 3 aliphatic rings. The van der Waals surface area contributed by atoms with Crippen LogP contribution in [0.2, 0.25) is 0 Å². The predicted octanol–water partition coefficient (Wildman–Crippen LogP) is 2.21. The van der Waals surface area contributed by atoms with Gasteiger partial charge in [0.15, 0.2) is 0 Å². The minimum atomic E-state index is -0.706. The molecule has 2 saturated heterocycles. The normalized spacial score (nSPS) is 31.6. The number of rotatable bonds is 9. The topological polar surface area (TPSA) is 61.9 Å². The largest absolute Gasteiger partial charge is 0.357 e. The zero-order valence-corrected chi connectivity index (χ0v) is 18.3. The summed E-state index contributed by atoms with van der Waals surface area (Å²) in [7, 11) is 0. The number of likely N-dealkylation sites (tertiary alicyclic amines) is 1. The van der Waals surface area contributed by atoms with Gasteiger partial charge in [-0.2, -0.15) is 0 Å². The van der Waals surface area contributed by atoms with E-state index in [1.54, 1.807) is 0 Å². The van der Waals surface area contributed by atoms with Crippen LogP contribution in [0.5, 0.6) is 0 Å². The summed E-state index contributed by atoms with van der Waals surface area (Å²) < 4.78 is 6.38. The first-order valence-electron chi connectivity index (χ1n) is 11.2. The molecule has 2 amide bonds. The van der Waals surface area contributed by atoms with Gasteiger partial charge in [0.2, 0.25) is 11.8 Å². The second kappa shape index (κ2) is 8.16. The average Bonchev–Trinajstić information content (AvgIpc) is 3.31. The van der Waals surface area contributed by atoms with Crippen molar-refractivity contribution in [3.63, 3.8) is 0 Å². The zero-order valence-electron chi connectivity index (χ0n) is 18.3. The molecule has 6 nitrogen and oxygen atoms in total. The second-order valence-corrected chi connectivity index (χ2v) is 8.88. The van der Waals surface area contributed by atoms with Crippen LogP contribution >= 0.6 is 0 Å². The van der Waals surface area contributed by atoms with E-state index in [0.29, 0.717) is 19.6 Å². The molecule has 0 aliphatic carbocycles. The van der Waals surface area contributed by atoms with E-state index in [4.69, 9.17) is 4.74 Å². The molecule has 3 aliphatic heterocycles. The number of nitrogens with zero attached hydrogens (tertiary/aromatic N) is 2. The highest BCUT2D eigenvalue weighted by Crippen LogP contribution is 2.57. The maximum absolute atomic E-state index is 13.4. The Morgan fingerprint density at radius 2 is 1.97 bits per heavy atom. The lowest BCUT2D eigenvalue weighted by Crippen LogP contribution is -2.48. The van der Waals surface area contributed by atoms with Gasteiger partial charge in [-0.3, -0.25) is 9.59 Å². The molecular weight excluding hydrogens is 378 g/mol. The molecule has 4 atom stereocenters. The number of carbonyl (C=O) groups is 2. The van der Waals surface area contributed by atoms with Crippen LogP contribution in [0.25, 0.3) is 0 Å². The Kier molecular flexibility index (Phi) is 5.73. The monoisotopic (exact) mass is 411 g/mol. The molecule has 1 aromatic carbocycles. The van der Waals surface area contributed by atoms with Crippen molar-refractivity contribution < 1.29 is 14.3 Å². The average molecular weight is 412 g/mol. The Morgan fingerprint density at radius 1 is 1.23 bits per heavy atom. The molecule has 1 spiro atoms. The van der Waals surface area contributed by atoms with Crippen LogP contribution in [-0.2, 0) is 20.9 Å². The van der Waals surface area contributed by atoms with Crippen LogP contribution < -0.4 is 5.32 Å². The molecule has 2 bridgehead atoms. The molecule has 4 unspecified atom stereocenters. The van der Waals surface area contributed by atoms with Gasteiger partial charge in [-0.05, 0) is 38.5 Å². The standard InChI is InChI=1S/C24H33N3O3/c1-4-26(5-2)15-9-14-25-21(28)19-20-22(29)27(16-18-10-7-6-8-11-18)17-24(20)13-12-23(19,3)30-24/h6-8,10-13,19-20H,4-5,9,14-17H2,1-3H3,(H,25,28). The van der Waals surface area contributed by atoms with Crippen LogP contribution in [0.1, 0.15) is 32.8 Å². The van der Waals surface area contributed by atoms with Gasteiger partial charge in [0.05, 0.1) is 24.0 Å². The summed E-state index contributed by atoms with van der Waals surface area (Å²) in [5.41, 5.74) is -0.296. The van der Waals surface area contributed by atoms with E-state index in [1.165, 1.54) is 0 Å².